The third kappa shape index (κ3) is 4.55. The quantitative estimate of drug-likeness (QED) is 0.229. The van der Waals surface area contributed by atoms with Crippen molar-refractivity contribution in [1.29, 1.82) is 0 Å². The normalized spacial score (nSPS) is 22.2. The minimum atomic E-state index is -1.45. The van der Waals surface area contributed by atoms with Crippen molar-refractivity contribution in [3.05, 3.63) is 29.3 Å². The van der Waals surface area contributed by atoms with Gasteiger partial charge in [0, 0.05) is 12.6 Å². The third-order valence-electron chi connectivity index (χ3n) is 5.20. The van der Waals surface area contributed by atoms with E-state index in [2.05, 4.69) is 32.1 Å². The van der Waals surface area contributed by atoms with Gasteiger partial charge in [0.15, 0.2) is 0 Å². The molecule has 0 unspecified atom stereocenters. The van der Waals surface area contributed by atoms with Gasteiger partial charge in [-0.05, 0) is 31.0 Å². The highest BCUT2D eigenvalue weighted by Crippen LogP contribution is 2.30. The summed E-state index contributed by atoms with van der Waals surface area (Å²) in [6, 6.07) is 4.65. The molecule has 1 fully saturated rings. The lowest BCUT2D eigenvalue weighted by atomic mass is 9.72. The van der Waals surface area contributed by atoms with Gasteiger partial charge in [-0.3, -0.25) is 14.6 Å². The topological polar surface area (TPSA) is 177 Å². The van der Waals surface area contributed by atoms with Crippen LogP contribution in [0.1, 0.15) is 22.3 Å². The molecule has 31 heavy (non-hydrogen) atoms. The number of aromatic carboxylic acids is 1. The lowest BCUT2D eigenvalue weighted by Gasteiger charge is -2.29. The Morgan fingerprint density at radius 3 is 2.90 bits per heavy atom. The third-order valence-corrected chi connectivity index (χ3v) is 5.20. The van der Waals surface area contributed by atoms with Crippen LogP contribution in [0.25, 0.3) is 0 Å². The van der Waals surface area contributed by atoms with E-state index in [1.165, 1.54) is 11.1 Å². The Bertz CT molecular complexity index is 922. The summed E-state index contributed by atoms with van der Waals surface area (Å²) in [5, 5.41) is 33.3. The maximum atomic E-state index is 12.7. The fraction of sp³-hybridized carbons (Fsp3) is 0.412. The molecule has 3 aliphatic heterocycles. The van der Waals surface area contributed by atoms with Crippen LogP contribution in [0.15, 0.2) is 23.3 Å². The molecule has 164 valence electrons. The van der Waals surface area contributed by atoms with Crippen LogP contribution < -0.4 is 31.7 Å². The number of benzene rings is 1. The van der Waals surface area contributed by atoms with Gasteiger partial charge in [-0.15, -0.1) is 10.6 Å². The van der Waals surface area contributed by atoms with Gasteiger partial charge in [0.25, 0.3) is 5.91 Å². The Morgan fingerprint density at radius 2 is 2.16 bits per heavy atom. The van der Waals surface area contributed by atoms with Gasteiger partial charge in [-0.25, -0.2) is 10.3 Å². The highest BCUT2D eigenvalue weighted by Gasteiger charge is 2.39. The number of carbonyl (C=O) groups excluding carboxylic acids is 2. The van der Waals surface area contributed by atoms with Crippen LogP contribution in [0, 0.1) is 0 Å². The predicted octanol–water partition coefficient (Wildman–Crippen LogP) is -3.06. The average molecular weight is 431 g/mol. The van der Waals surface area contributed by atoms with Gasteiger partial charge in [-0.2, -0.15) is 0 Å². The second-order valence-corrected chi connectivity index (χ2v) is 7.39. The molecule has 1 saturated heterocycles. The number of amides is 2. The number of fused-ring (bicyclic) bond motifs is 1. The van der Waals surface area contributed by atoms with Crippen LogP contribution in [-0.2, 0) is 16.0 Å². The lowest BCUT2D eigenvalue weighted by molar-refractivity contribution is -0.122. The van der Waals surface area contributed by atoms with Crippen molar-refractivity contribution in [3.63, 3.8) is 0 Å². The van der Waals surface area contributed by atoms with Crippen molar-refractivity contribution in [2.45, 2.75) is 24.8 Å². The minimum Gasteiger partial charge on any atom is -0.534 e. The van der Waals surface area contributed by atoms with Crippen LogP contribution in [0.2, 0.25) is 0 Å². The van der Waals surface area contributed by atoms with E-state index in [9.17, 15) is 24.5 Å². The van der Waals surface area contributed by atoms with Gasteiger partial charge < -0.3 is 30.7 Å². The number of rotatable bonds is 6. The first kappa shape index (κ1) is 20.9. The Morgan fingerprint density at radius 1 is 1.32 bits per heavy atom. The first-order chi connectivity index (χ1) is 14.9. The minimum absolute atomic E-state index is 0.0440. The fourth-order valence-electron chi connectivity index (χ4n) is 3.68. The van der Waals surface area contributed by atoms with Gasteiger partial charge in [-0.1, -0.05) is 12.1 Å². The Labute approximate surface area is 177 Å². The second kappa shape index (κ2) is 8.79. The van der Waals surface area contributed by atoms with E-state index >= 15 is 0 Å². The number of carboxylic acid groups (broad SMARTS) is 1. The van der Waals surface area contributed by atoms with Crippen molar-refractivity contribution in [2.75, 3.05) is 19.6 Å². The molecule has 1 aromatic carbocycles. The molecule has 0 saturated carbocycles. The standard InChI is InChI=1S/C17H22BN7O6/c26-13(20-10-4-5-19-7-10)8-25-15(22-23-24-25)16(27)21-12-6-9-2-1-3-11(17(28)29)14(9)31-18(12)30/h1-3,10,12,19,23-24,30H,4-8H2,(H,20,26)(H,21,27)(H,28,29)/t10-,12-/m0/s1. The molecule has 2 amide bonds. The molecule has 13 nitrogen and oxygen atoms in total. The molecule has 0 spiro atoms. The molecule has 3 heterocycles. The molecule has 7 N–H and O–H groups in total. The lowest BCUT2D eigenvalue weighted by Crippen LogP contribution is -2.57. The van der Waals surface area contributed by atoms with Gasteiger partial charge in [0.05, 0.1) is 11.5 Å². The molecule has 3 aliphatic rings. The molecule has 0 aliphatic carbocycles. The first-order valence-electron chi connectivity index (χ1n) is 9.79. The summed E-state index contributed by atoms with van der Waals surface area (Å²) in [6.45, 7) is 1.39. The first-order valence-corrected chi connectivity index (χ1v) is 9.79. The van der Waals surface area contributed by atoms with Gasteiger partial charge >= 0.3 is 13.1 Å². The van der Waals surface area contributed by atoms with E-state index in [0.29, 0.717) is 12.1 Å². The SMILES string of the molecule is O=C(CN1NNN=C1C(=O)N[C@H]1Cc2cccc(C(=O)O)c2OB1O)N[C@H]1CCNC1. The second-order valence-electron chi connectivity index (χ2n) is 7.39. The molecule has 0 aromatic heterocycles. The van der Waals surface area contributed by atoms with E-state index in [1.807, 2.05) is 0 Å². The van der Waals surface area contributed by atoms with Crippen molar-refractivity contribution in [1.82, 2.24) is 32.0 Å². The summed E-state index contributed by atoms with van der Waals surface area (Å²) < 4.78 is 5.37. The highest BCUT2D eigenvalue weighted by molar-refractivity contribution is 6.48. The Hall–Kier alpha value is -3.36. The number of carboxylic acids is 1. The summed E-state index contributed by atoms with van der Waals surface area (Å²) in [4.78, 5) is 36.3. The van der Waals surface area contributed by atoms with Crippen LogP contribution in [0.4, 0.5) is 0 Å². The molecular weight excluding hydrogens is 409 g/mol. The number of nitrogens with zero attached hydrogens (tertiary/aromatic N) is 2. The van der Waals surface area contributed by atoms with E-state index in [0.717, 1.165) is 13.0 Å². The zero-order valence-electron chi connectivity index (χ0n) is 16.4. The van der Waals surface area contributed by atoms with Gasteiger partial charge in [0.1, 0.15) is 12.3 Å². The molecule has 1 aromatic rings. The van der Waals surface area contributed by atoms with Crippen LogP contribution in [-0.4, -0.2) is 77.5 Å². The number of hydrazine groups is 2. The molecule has 14 heteroatoms. The summed E-state index contributed by atoms with van der Waals surface area (Å²) in [7, 11) is -1.45. The maximum Gasteiger partial charge on any atom is 0.547 e. The maximum absolute atomic E-state index is 12.7. The Kier molecular flexibility index (Phi) is 5.93. The van der Waals surface area contributed by atoms with Crippen molar-refractivity contribution in [3.8, 4) is 5.75 Å². The Balaban J connectivity index is 1.37. The van der Waals surface area contributed by atoms with Crippen molar-refractivity contribution >= 4 is 30.7 Å². The van der Waals surface area contributed by atoms with Crippen LogP contribution in [0.3, 0.4) is 0 Å². The number of amidine groups is 1. The summed E-state index contributed by atoms with van der Waals surface area (Å²) in [6.07, 6.45) is 0.996. The number of hydrogen-bond acceptors (Lipinski definition) is 10. The van der Waals surface area contributed by atoms with Crippen molar-refractivity contribution in [2.24, 2.45) is 5.10 Å². The number of hydrogen-bond donors (Lipinski definition) is 7. The number of carbonyl (C=O) groups is 3. The monoisotopic (exact) mass is 431 g/mol. The van der Waals surface area contributed by atoms with Crippen LogP contribution in [0.5, 0.6) is 5.75 Å². The van der Waals surface area contributed by atoms with Gasteiger partial charge in [0.2, 0.25) is 11.7 Å². The smallest absolute Gasteiger partial charge is 0.534 e. The highest BCUT2D eigenvalue weighted by atomic mass is 16.5. The number of para-hydroxylation sites is 1. The summed E-state index contributed by atoms with van der Waals surface area (Å²) >= 11 is 0. The number of nitrogens with one attached hydrogen (secondary N) is 5. The fourth-order valence-corrected chi connectivity index (χ4v) is 3.68. The molecule has 0 bridgehead atoms. The summed E-state index contributed by atoms with van der Waals surface area (Å²) in [5.74, 6) is -2.94. The zero-order chi connectivity index (χ0) is 22.0. The van der Waals surface area contributed by atoms with Crippen LogP contribution >= 0.6 is 0 Å². The predicted molar refractivity (Wildman–Crippen MR) is 107 cm³/mol. The van der Waals surface area contributed by atoms with E-state index < -0.39 is 24.9 Å². The molecular formula is C17H22BN7O6. The largest absolute Gasteiger partial charge is 0.547 e. The van der Waals surface area contributed by atoms with E-state index in [1.54, 1.807) is 12.1 Å². The van der Waals surface area contributed by atoms with E-state index in [-0.39, 0.29) is 42.1 Å². The molecule has 2 atom stereocenters. The average Bonchev–Trinajstić information content (AvgIpc) is 3.40. The van der Waals surface area contributed by atoms with Crippen molar-refractivity contribution < 1.29 is 29.2 Å². The zero-order valence-corrected chi connectivity index (χ0v) is 16.4. The molecule has 0 radical (unpaired) electrons. The molecule has 4 rings (SSSR count). The summed E-state index contributed by atoms with van der Waals surface area (Å²) in [5.41, 5.74) is 5.53. The van der Waals surface area contributed by atoms with E-state index in [4.69, 9.17) is 4.65 Å². The number of hydrazone groups is 1.